The lowest BCUT2D eigenvalue weighted by Gasteiger charge is -2.20. The summed E-state index contributed by atoms with van der Waals surface area (Å²) in [6, 6.07) is 5.62. The van der Waals surface area contributed by atoms with E-state index in [9.17, 15) is 5.11 Å². The van der Waals surface area contributed by atoms with Crippen molar-refractivity contribution in [2.45, 2.75) is 26.2 Å². The number of aromatic nitrogens is 5. The molecule has 0 radical (unpaired) electrons. The normalized spacial score (nSPS) is 15.1. The molecule has 0 spiro atoms. The van der Waals surface area contributed by atoms with Crippen molar-refractivity contribution in [1.82, 2.24) is 24.7 Å². The van der Waals surface area contributed by atoms with Crippen LogP contribution in [0.4, 0.5) is 5.69 Å². The van der Waals surface area contributed by atoms with E-state index >= 15 is 0 Å². The number of hydrogen-bond donors (Lipinski definition) is 1. The molecule has 9 nitrogen and oxygen atoms in total. The molecular formula is C22H22N6O3S. The molecule has 0 aromatic carbocycles. The average molecular weight is 451 g/mol. The molecule has 0 amide bonds. The number of methoxy groups -OCH3 is 2. The predicted molar refractivity (Wildman–Crippen MR) is 120 cm³/mol. The molecule has 10 heteroatoms. The molecule has 1 N–H and O–H groups in total. The first kappa shape index (κ1) is 20.4. The standard InChI is InChI=1S/C22H22N6O3S/c1-13-25-15(12-32-13)9-27-10-16(8-24-27)28-11-19-17(22(28)29)4-5-18(26-19)14-6-20(30-2)21(31-3)23-7-14/h4-8,10,12,22,29H,9,11H2,1-3H3. The van der Waals surface area contributed by atoms with Gasteiger partial charge >= 0.3 is 0 Å². The van der Waals surface area contributed by atoms with Gasteiger partial charge in [-0.25, -0.2) is 9.97 Å². The van der Waals surface area contributed by atoms with Gasteiger partial charge in [-0.05, 0) is 19.1 Å². The average Bonchev–Trinajstić information content (AvgIpc) is 3.52. The molecule has 5 rings (SSSR count). The van der Waals surface area contributed by atoms with Crippen LogP contribution in [0.2, 0.25) is 0 Å². The number of fused-ring (bicyclic) bond motifs is 1. The first-order chi connectivity index (χ1) is 15.6. The Labute approximate surface area is 188 Å². The third-order valence-electron chi connectivity index (χ3n) is 5.37. The Morgan fingerprint density at radius 1 is 1.19 bits per heavy atom. The van der Waals surface area contributed by atoms with Gasteiger partial charge in [-0.3, -0.25) is 9.67 Å². The van der Waals surface area contributed by atoms with Crippen molar-refractivity contribution in [2.75, 3.05) is 19.1 Å². The van der Waals surface area contributed by atoms with Crippen LogP contribution >= 0.6 is 11.3 Å². The van der Waals surface area contributed by atoms with Crippen LogP contribution < -0.4 is 14.4 Å². The van der Waals surface area contributed by atoms with E-state index in [1.54, 1.807) is 38.0 Å². The Balaban J connectivity index is 1.38. The van der Waals surface area contributed by atoms with Gasteiger partial charge in [0.25, 0.3) is 5.88 Å². The summed E-state index contributed by atoms with van der Waals surface area (Å²) in [7, 11) is 3.12. The molecule has 0 bridgehead atoms. The lowest BCUT2D eigenvalue weighted by Crippen LogP contribution is -2.20. The summed E-state index contributed by atoms with van der Waals surface area (Å²) >= 11 is 1.62. The fourth-order valence-electron chi connectivity index (χ4n) is 3.79. The molecule has 1 atom stereocenters. The Bertz CT molecular complexity index is 1270. The molecule has 4 aromatic heterocycles. The van der Waals surface area contributed by atoms with E-state index in [1.807, 2.05) is 46.3 Å². The monoisotopic (exact) mass is 450 g/mol. The van der Waals surface area contributed by atoms with E-state index in [-0.39, 0.29) is 0 Å². The fourth-order valence-corrected chi connectivity index (χ4v) is 4.39. The zero-order valence-electron chi connectivity index (χ0n) is 17.9. The minimum absolute atomic E-state index is 0.420. The molecule has 5 heterocycles. The van der Waals surface area contributed by atoms with Gasteiger partial charge in [0.05, 0.1) is 61.3 Å². The van der Waals surface area contributed by atoms with E-state index in [4.69, 9.17) is 14.5 Å². The van der Waals surface area contributed by atoms with Gasteiger partial charge in [0.2, 0.25) is 0 Å². The van der Waals surface area contributed by atoms with Crippen molar-refractivity contribution in [3.05, 3.63) is 64.1 Å². The van der Waals surface area contributed by atoms with Gasteiger partial charge < -0.3 is 19.5 Å². The molecule has 1 aliphatic heterocycles. The summed E-state index contributed by atoms with van der Waals surface area (Å²) in [5.74, 6) is 0.959. The van der Waals surface area contributed by atoms with Gasteiger partial charge in [0, 0.05) is 28.9 Å². The van der Waals surface area contributed by atoms with Crippen molar-refractivity contribution in [3.8, 4) is 22.9 Å². The third kappa shape index (κ3) is 3.67. The number of aryl methyl sites for hydroxylation is 1. The molecule has 0 fully saturated rings. The lowest BCUT2D eigenvalue weighted by molar-refractivity contribution is 0.181. The SMILES string of the molecule is COc1cc(-c2ccc3c(n2)CN(c2cnn(Cc4csc(C)n4)c2)C3O)cnc1OC. The van der Waals surface area contributed by atoms with Crippen LogP contribution in [0.25, 0.3) is 11.3 Å². The molecule has 164 valence electrons. The minimum atomic E-state index is -0.783. The first-order valence-electron chi connectivity index (χ1n) is 10.0. The van der Waals surface area contributed by atoms with Crippen molar-refractivity contribution in [1.29, 1.82) is 0 Å². The summed E-state index contributed by atoms with van der Waals surface area (Å²) in [4.78, 5) is 15.4. The second-order valence-corrected chi connectivity index (χ2v) is 8.49. The third-order valence-corrected chi connectivity index (χ3v) is 6.19. The van der Waals surface area contributed by atoms with Crippen LogP contribution in [0.15, 0.2) is 42.2 Å². The highest BCUT2D eigenvalue weighted by molar-refractivity contribution is 7.09. The molecule has 0 saturated carbocycles. The fraction of sp³-hybridized carbons (Fsp3) is 0.273. The van der Waals surface area contributed by atoms with Gasteiger partial charge in [0.1, 0.15) is 0 Å². The van der Waals surface area contributed by atoms with Gasteiger partial charge in [-0.2, -0.15) is 5.10 Å². The highest BCUT2D eigenvalue weighted by Crippen LogP contribution is 2.37. The van der Waals surface area contributed by atoms with Crippen molar-refractivity contribution in [3.63, 3.8) is 0 Å². The Kier molecular flexibility index (Phi) is 5.24. The molecule has 1 unspecified atom stereocenters. The van der Waals surface area contributed by atoms with E-state index < -0.39 is 6.23 Å². The number of anilines is 1. The summed E-state index contributed by atoms with van der Waals surface area (Å²) in [6.45, 7) is 3.06. The molecule has 0 saturated heterocycles. The van der Waals surface area contributed by atoms with Crippen LogP contribution in [0, 0.1) is 6.92 Å². The van der Waals surface area contributed by atoms with Gasteiger partial charge in [-0.15, -0.1) is 11.3 Å². The zero-order valence-corrected chi connectivity index (χ0v) is 18.7. The van der Waals surface area contributed by atoms with E-state index in [0.717, 1.165) is 38.9 Å². The summed E-state index contributed by atoms with van der Waals surface area (Å²) in [5, 5.41) is 18.4. The minimum Gasteiger partial charge on any atom is -0.491 e. The van der Waals surface area contributed by atoms with Crippen molar-refractivity contribution in [2.24, 2.45) is 0 Å². The largest absolute Gasteiger partial charge is 0.491 e. The molecule has 32 heavy (non-hydrogen) atoms. The number of ether oxygens (including phenoxy) is 2. The van der Waals surface area contributed by atoms with Crippen LogP contribution in [-0.2, 0) is 13.1 Å². The maximum atomic E-state index is 10.9. The number of aliphatic hydroxyl groups excluding tert-OH is 1. The highest BCUT2D eigenvalue weighted by Gasteiger charge is 2.31. The number of aliphatic hydroxyl groups is 1. The number of pyridine rings is 2. The lowest BCUT2D eigenvalue weighted by atomic mass is 10.1. The first-order valence-corrected chi connectivity index (χ1v) is 10.9. The maximum Gasteiger partial charge on any atom is 0.256 e. The Morgan fingerprint density at radius 2 is 2.06 bits per heavy atom. The molecule has 0 aliphatic carbocycles. The van der Waals surface area contributed by atoms with Crippen LogP contribution in [-0.4, -0.2) is 44.1 Å². The number of thiazole rings is 1. The summed E-state index contributed by atoms with van der Waals surface area (Å²) < 4.78 is 12.4. The van der Waals surface area contributed by atoms with Crippen LogP contribution in [0.5, 0.6) is 11.6 Å². The Morgan fingerprint density at radius 3 is 2.81 bits per heavy atom. The summed E-state index contributed by atoms with van der Waals surface area (Å²) in [5.41, 5.74) is 4.96. The number of rotatable bonds is 6. The zero-order chi connectivity index (χ0) is 22.2. The van der Waals surface area contributed by atoms with E-state index in [2.05, 4.69) is 15.1 Å². The van der Waals surface area contributed by atoms with Crippen LogP contribution in [0.3, 0.4) is 0 Å². The predicted octanol–water partition coefficient (Wildman–Crippen LogP) is 3.18. The smallest absolute Gasteiger partial charge is 0.256 e. The second-order valence-electron chi connectivity index (χ2n) is 7.42. The van der Waals surface area contributed by atoms with Crippen molar-refractivity contribution >= 4 is 17.0 Å². The molecule has 1 aliphatic rings. The molecule has 4 aromatic rings. The van der Waals surface area contributed by atoms with Gasteiger partial charge in [-0.1, -0.05) is 6.07 Å². The van der Waals surface area contributed by atoms with Crippen LogP contribution in [0.1, 0.15) is 28.2 Å². The Hall–Kier alpha value is -3.50. The number of nitrogens with zero attached hydrogens (tertiary/aromatic N) is 6. The summed E-state index contributed by atoms with van der Waals surface area (Å²) in [6.07, 6.45) is 4.59. The maximum absolute atomic E-state index is 10.9. The quantitative estimate of drug-likeness (QED) is 0.478. The number of hydrogen-bond acceptors (Lipinski definition) is 9. The van der Waals surface area contributed by atoms with Crippen molar-refractivity contribution < 1.29 is 14.6 Å². The van der Waals surface area contributed by atoms with E-state index in [1.165, 1.54) is 0 Å². The van der Waals surface area contributed by atoms with Gasteiger partial charge in [0.15, 0.2) is 12.0 Å². The molecular weight excluding hydrogens is 428 g/mol. The van der Waals surface area contributed by atoms with E-state index in [0.29, 0.717) is 24.7 Å². The highest BCUT2D eigenvalue weighted by atomic mass is 32.1. The second kappa shape index (κ2) is 8.21. The topological polar surface area (TPSA) is 98.4 Å².